The van der Waals surface area contributed by atoms with E-state index in [-0.39, 0.29) is 30.9 Å². The van der Waals surface area contributed by atoms with Gasteiger partial charge in [0, 0.05) is 12.2 Å². The number of allylic oxidation sites excluding steroid dienone is 1. The van der Waals surface area contributed by atoms with Crippen LogP contribution in [0, 0.1) is 5.92 Å². The first kappa shape index (κ1) is 30.7. The number of aliphatic hydroxyl groups excluding tert-OH is 1. The van der Waals surface area contributed by atoms with E-state index in [2.05, 4.69) is 41.2 Å². The lowest BCUT2D eigenvalue weighted by Crippen LogP contribution is -2.58. The summed E-state index contributed by atoms with van der Waals surface area (Å²) in [6.07, 6.45) is 1.41. The molecular weight excluding hydrogens is 514 g/mol. The molecule has 1 heterocycles. The average molecular weight is 552 g/mol. The SMILES string of the molecule is CC(C)[C@H]1NC(=O)[C@H](CS)NC(=O)[C@@H](Cc2ccccc2)NC(=O)C[C@@H](/C=C/CCS)OC(=O)C[C@@H]1O. The Balaban J connectivity index is 2.39. The van der Waals surface area contributed by atoms with Crippen LogP contribution in [0.4, 0.5) is 0 Å². The number of nitrogens with one attached hydrogen (secondary N) is 3. The lowest BCUT2D eigenvalue weighted by molar-refractivity contribution is -0.151. The summed E-state index contributed by atoms with van der Waals surface area (Å²) in [7, 11) is 0. The minimum Gasteiger partial charge on any atom is -0.457 e. The number of rotatable bonds is 7. The van der Waals surface area contributed by atoms with Crippen molar-refractivity contribution < 1.29 is 29.0 Å². The van der Waals surface area contributed by atoms with Gasteiger partial charge in [0.15, 0.2) is 0 Å². The van der Waals surface area contributed by atoms with Gasteiger partial charge in [0.2, 0.25) is 17.7 Å². The summed E-state index contributed by atoms with van der Waals surface area (Å²) in [6, 6.07) is 6.37. The summed E-state index contributed by atoms with van der Waals surface area (Å²) in [5.74, 6) is -1.99. The Morgan fingerprint density at radius 3 is 2.30 bits per heavy atom. The van der Waals surface area contributed by atoms with Gasteiger partial charge in [-0.15, -0.1) is 0 Å². The molecule has 1 fully saturated rings. The van der Waals surface area contributed by atoms with Gasteiger partial charge < -0.3 is 25.8 Å². The second kappa shape index (κ2) is 15.7. The van der Waals surface area contributed by atoms with E-state index in [1.807, 2.05) is 30.3 Å². The standard InChI is InChI=1S/C26H37N3O6S2/c1-16(2)24-21(30)14-23(32)35-18(10-6-7-11-36)13-22(31)27-19(12-17-8-4-3-5-9-17)25(33)28-20(15-37)26(34)29-24/h3-6,8-10,16,18-21,24,30,36-37H,7,11-15H2,1-2H3,(H,27,31)(H,28,33)(H,29,34)/b10-6+/t18-,19-,20+,21+,24-/m1/s1. The van der Waals surface area contributed by atoms with Crippen molar-refractivity contribution in [3.8, 4) is 0 Å². The Morgan fingerprint density at radius 2 is 1.68 bits per heavy atom. The van der Waals surface area contributed by atoms with E-state index >= 15 is 0 Å². The van der Waals surface area contributed by atoms with Gasteiger partial charge in [-0.1, -0.05) is 50.3 Å². The van der Waals surface area contributed by atoms with Crippen LogP contribution >= 0.6 is 25.3 Å². The van der Waals surface area contributed by atoms with E-state index in [0.29, 0.717) is 12.2 Å². The van der Waals surface area contributed by atoms with E-state index in [1.54, 1.807) is 26.0 Å². The number of carbonyl (C=O) groups is 4. The lowest BCUT2D eigenvalue weighted by Gasteiger charge is -2.29. The average Bonchev–Trinajstić information content (AvgIpc) is 2.85. The van der Waals surface area contributed by atoms with Crippen LogP contribution in [0.25, 0.3) is 0 Å². The number of hydrogen-bond acceptors (Lipinski definition) is 8. The Kier molecular flexibility index (Phi) is 13.0. The maximum atomic E-state index is 13.2. The monoisotopic (exact) mass is 551 g/mol. The molecule has 4 N–H and O–H groups in total. The summed E-state index contributed by atoms with van der Waals surface area (Å²) in [4.78, 5) is 51.9. The van der Waals surface area contributed by atoms with Crippen molar-refractivity contribution in [3.63, 3.8) is 0 Å². The predicted molar refractivity (Wildman–Crippen MR) is 147 cm³/mol. The molecule has 1 aromatic carbocycles. The highest BCUT2D eigenvalue weighted by atomic mass is 32.1. The van der Waals surface area contributed by atoms with Crippen LogP contribution in [0.15, 0.2) is 42.5 Å². The molecule has 11 heteroatoms. The first-order chi connectivity index (χ1) is 17.6. The smallest absolute Gasteiger partial charge is 0.309 e. The molecule has 0 saturated carbocycles. The fraction of sp³-hybridized carbons (Fsp3) is 0.538. The fourth-order valence-corrected chi connectivity index (χ4v) is 4.33. The highest BCUT2D eigenvalue weighted by molar-refractivity contribution is 7.80. The minimum absolute atomic E-state index is 0.00938. The molecular formula is C26H37N3O6S2. The molecule has 2 rings (SSSR count). The van der Waals surface area contributed by atoms with Crippen LogP contribution in [-0.2, 0) is 30.3 Å². The van der Waals surface area contributed by atoms with Crippen molar-refractivity contribution in [2.75, 3.05) is 11.5 Å². The second-order valence-corrected chi connectivity index (χ2v) is 10.1. The summed E-state index contributed by atoms with van der Waals surface area (Å²) in [6.45, 7) is 3.59. The summed E-state index contributed by atoms with van der Waals surface area (Å²) in [5, 5.41) is 18.9. The zero-order chi connectivity index (χ0) is 27.4. The van der Waals surface area contributed by atoms with E-state index in [9.17, 15) is 24.3 Å². The number of ether oxygens (including phenoxy) is 1. The Hall–Kier alpha value is -2.50. The van der Waals surface area contributed by atoms with Gasteiger partial charge in [0.05, 0.1) is 25.0 Å². The lowest BCUT2D eigenvalue weighted by atomic mass is 9.96. The number of benzene rings is 1. The molecule has 0 aromatic heterocycles. The first-order valence-corrected chi connectivity index (χ1v) is 13.6. The van der Waals surface area contributed by atoms with Crippen LogP contribution in [0.1, 0.15) is 38.7 Å². The summed E-state index contributed by atoms with van der Waals surface area (Å²) < 4.78 is 5.49. The van der Waals surface area contributed by atoms with E-state index in [1.165, 1.54) is 0 Å². The number of carbonyl (C=O) groups excluding carboxylic acids is 4. The number of amides is 3. The first-order valence-electron chi connectivity index (χ1n) is 12.3. The topological polar surface area (TPSA) is 134 Å². The third-order valence-electron chi connectivity index (χ3n) is 5.88. The molecule has 1 aromatic rings. The number of hydrogen-bond donors (Lipinski definition) is 6. The second-order valence-electron chi connectivity index (χ2n) is 9.28. The van der Waals surface area contributed by atoms with Gasteiger partial charge in [-0.3, -0.25) is 19.2 Å². The molecule has 37 heavy (non-hydrogen) atoms. The van der Waals surface area contributed by atoms with Crippen LogP contribution in [-0.4, -0.2) is 70.6 Å². The molecule has 5 atom stereocenters. The van der Waals surface area contributed by atoms with E-state index in [0.717, 1.165) is 5.56 Å². The largest absolute Gasteiger partial charge is 0.457 e. The molecule has 9 nitrogen and oxygen atoms in total. The molecule has 1 aliphatic heterocycles. The van der Waals surface area contributed by atoms with E-state index in [4.69, 9.17) is 4.74 Å². The Labute approximate surface area is 229 Å². The van der Waals surface area contributed by atoms with Crippen LogP contribution in [0.3, 0.4) is 0 Å². The highest BCUT2D eigenvalue weighted by Gasteiger charge is 2.33. The normalized spacial score (nSPS) is 26.6. The molecule has 0 radical (unpaired) electrons. The maximum Gasteiger partial charge on any atom is 0.309 e. The van der Waals surface area contributed by atoms with Crippen molar-refractivity contribution in [2.45, 2.75) is 69.9 Å². The minimum atomic E-state index is -1.24. The number of cyclic esters (lactones) is 1. The van der Waals surface area contributed by atoms with Gasteiger partial charge in [0.1, 0.15) is 18.2 Å². The van der Waals surface area contributed by atoms with Gasteiger partial charge in [-0.05, 0) is 29.7 Å². The molecule has 1 saturated heterocycles. The molecule has 0 unspecified atom stereocenters. The van der Waals surface area contributed by atoms with Gasteiger partial charge in [-0.2, -0.15) is 25.3 Å². The number of esters is 1. The summed E-state index contributed by atoms with van der Waals surface area (Å²) >= 11 is 8.38. The van der Waals surface area contributed by atoms with Crippen LogP contribution in [0.5, 0.6) is 0 Å². The van der Waals surface area contributed by atoms with Gasteiger partial charge in [0.25, 0.3) is 0 Å². The third-order valence-corrected chi connectivity index (χ3v) is 6.51. The number of aliphatic hydroxyl groups is 1. The van der Waals surface area contributed by atoms with Crippen molar-refractivity contribution in [2.24, 2.45) is 5.92 Å². The maximum absolute atomic E-state index is 13.2. The molecule has 3 amide bonds. The predicted octanol–water partition coefficient (Wildman–Crippen LogP) is 1.21. The van der Waals surface area contributed by atoms with Crippen LogP contribution < -0.4 is 16.0 Å². The third kappa shape index (κ3) is 10.4. The van der Waals surface area contributed by atoms with E-state index < -0.39 is 54.0 Å². The van der Waals surface area contributed by atoms with Crippen molar-refractivity contribution in [3.05, 3.63) is 48.0 Å². The van der Waals surface area contributed by atoms with Crippen molar-refractivity contribution >= 4 is 48.9 Å². The van der Waals surface area contributed by atoms with Gasteiger partial charge in [-0.25, -0.2) is 0 Å². The Bertz CT molecular complexity index is 943. The fourth-order valence-electron chi connectivity index (χ4n) is 3.92. The molecule has 1 aliphatic rings. The number of thiol groups is 2. The van der Waals surface area contributed by atoms with Crippen molar-refractivity contribution in [1.29, 1.82) is 0 Å². The van der Waals surface area contributed by atoms with Crippen LogP contribution in [0.2, 0.25) is 0 Å². The quantitative estimate of drug-likeness (QED) is 0.171. The zero-order valence-corrected chi connectivity index (χ0v) is 22.9. The molecule has 0 bridgehead atoms. The molecule has 204 valence electrons. The van der Waals surface area contributed by atoms with Crippen molar-refractivity contribution in [1.82, 2.24) is 16.0 Å². The highest BCUT2D eigenvalue weighted by Crippen LogP contribution is 2.14. The Morgan fingerprint density at radius 1 is 1.00 bits per heavy atom. The zero-order valence-electron chi connectivity index (χ0n) is 21.1. The van der Waals surface area contributed by atoms with Gasteiger partial charge >= 0.3 is 5.97 Å². The molecule has 0 spiro atoms. The summed E-state index contributed by atoms with van der Waals surface area (Å²) in [5.41, 5.74) is 0.812. The molecule has 0 aliphatic carbocycles.